The normalized spacial score (nSPS) is 10.2. The van der Waals surface area contributed by atoms with E-state index in [2.05, 4.69) is 4.98 Å². The number of halogens is 1. The van der Waals surface area contributed by atoms with Gasteiger partial charge in [0.05, 0.1) is 9.95 Å². The molecule has 0 aliphatic rings. The summed E-state index contributed by atoms with van der Waals surface area (Å²) in [6.45, 7) is 0. The van der Waals surface area contributed by atoms with Crippen LogP contribution in [0.3, 0.4) is 0 Å². The van der Waals surface area contributed by atoms with Gasteiger partial charge in [0.25, 0.3) is 5.69 Å². The molecule has 0 radical (unpaired) electrons. The number of aromatic nitrogens is 1. The van der Waals surface area contributed by atoms with Crippen LogP contribution >= 0.6 is 11.6 Å². The molecule has 6 heteroatoms. The van der Waals surface area contributed by atoms with Crippen molar-refractivity contribution in [2.75, 3.05) is 0 Å². The number of nitro groups is 1. The maximum absolute atomic E-state index is 12.1. The van der Waals surface area contributed by atoms with Crippen molar-refractivity contribution in [3.8, 4) is 0 Å². The lowest BCUT2D eigenvalue weighted by atomic mass is 10.0. The number of carbonyl (C=O) groups excluding carboxylic acids is 1. The zero-order valence-electron chi connectivity index (χ0n) is 9.75. The number of rotatable bonds is 4. The molecule has 0 atom stereocenters. The van der Waals surface area contributed by atoms with E-state index in [-0.39, 0.29) is 28.5 Å². The predicted octanol–water partition coefficient (Wildman–Crippen LogP) is 3.07. The monoisotopic (exact) mass is 276 g/mol. The Hall–Kier alpha value is -2.27. The fourth-order valence-corrected chi connectivity index (χ4v) is 1.85. The average molecular weight is 277 g/mol. The van der Waals surface area contributed by atoms with Gasteiger partial charge in [-0.3, -0.25) is 19.9 Å². The van der Waals surface area contributed by atoms with Gasteiger partial charge < -0.3 is 0 Å². The highest BCUT2D eigenvalue weighted by Crippen LogP contribution is 2.23. The summed E-state index contributed by atoms with van der Waals surface area (Å²) in [6.07, 6.45) is 3.28. The molecule has 0 unspecified atom stereocenters. The van der Waals surface area contributed by atoms with Gasteiger partial charge >= 0.3 is 0 Å². The van der Waals surface area contributed by atoms with Gasteiger partial charge in [0, 0.05) is 36.5 Å². The number of ketones is 1. The second-order valence-electron chi connectivity index (χ2n) is 3.88. The number of non-ortho nitro benzene ring substituents is 1. The van der Waals surface area contributed by atoms with E-state index >= 15 is 0 Å². The maximum atomic E-state index is 12.1. The van der Waals surface area contributed by atoms with Crippen LogP contribution in [0.4, 0.5) is 5.69 Å². The van der Waals surface area contributed by atoms with Crippen molar-refractivity contribution in [3.05, 3.63) is 69.0 Å². The number of hydrogen-bond donors (Lipinski definition) is 0. The molecule has 1 heterocycles. The second kappa shape index (κ2) is 5.58. The van der Waals surface area contributed by atoms with Crippen LogP contribution in [-0.2, 0) is 6.42 Å². The van der Waals surface area contributed by atoms with Crippen LogP contribution in [0, 0.1) is 10.1 Å². The summed E-state index contributed by atoms with van der Waals surface area (Å²) in [4.78, 5) is 26.1. The number of nitro benzene ring substituents is 1. The third kappa shape index (κ3) is 3.14. The SMILES string of the molecule is O=C(Cc1cccnc1)c1cc([N+](=O)[O-])ccc1Cl. The number of benzene rings is 1. The molecule has 2 aromatic rings. The minimum atomic E-state index is -0.558. The molecule has 0 aliphatic carbocycles. The predicted molar refractivity (Wildman–Crippen MR) is 70.4 cm³/mol. The molecule has 0 fully saturated rings. The summed E-state index contributed by atoms with van der Waals surface area (Å²) in [5.41, 5.74) is 0.730. The van der Waals surface area contributed by atoms with Gasteiger partial charge in [0.1, 0.15) is 0 Å². The van der Waals surface area contributed by atoms with Crippen molar-refractivity contribution in [2.45, 2.75) is 6.42 Å². The zero-order chi connectivity index (χ0) is 13.8. The lowest BCUT2D eigenvalue weighted by Crippen LogP contribution is -2.05. The second-order valence-corrected chi connectivity index (χ2v) is 4.29. The topological polar surface area (TPSA) is 73.1 Å². The smallest absolute Gasteiger partial charge is 0.270 e. The van der Waals surface area contributed by atoms with Gasteiger partial charge in [-0.1, -0.05) is 17.7 Å². The molecule has 96 valence electrons. The first-order valence-corrected chi connectivity index (χ1v) is 5.82. The highest BCUT2D eigenvalue weighted by atomic mass is 35.5. The van der Waals surface area contributed by atoms with E-state index in [4.69, 9.17) is 11.6 Å². The van der Waals surface area contributed by atoms with Crippen molar-refractivity contribution >= 4 is 23.1 Å². The molecule has 19 heavy (non-hydrogen) atoms. The van der Waals surface area contributed by atoms with E-state index in [1.54, 1.807) is 24.5 Å². The first-order chi connectivity index (χ1) is 9.08. The highest BCUT2D eigenvalue weighted by Gasteiger charge is 2.16. The molecule has 1 aromatic heterocycles. The van der Waals surface area contributed by atoms with Crippen LogP contribution in [0.1, 0.15) is 15.9 Å². The third-order valence-electron chi connectivity index (χ3n) is 2.55. The third-order valence-corrected chi connectivity index (χ3v) is 2.88. The maximum Gasteiger partial charge on any atom is 0.270 e. The Kier molecular flexibility index (Phi) is 3.87. The number of Topliss-reactive ketones (excluding diaryl/α,β-unsaturated/α-hetero) is 1. The Morgan fingerprint density at radius 3 is 2.79 bits per heavy atom. The highest BCUT2D eigenvalue weighted by molar-refractivity contribution is 6.34. The van der Waals surface area contributed by atoms with E-state index < -0.39 is 4.92 Å². The number of carbonyl (C=O) groups is 1. The quantitative estimate of drug-likeness (QED) is 0.489. The minimum absolute atomic E-state index is 0.106. The van der Waals surface area contributed by atoms with E-state index in [1.165, 1.54) is 18.2 Å². The minimum Gasteiger partial charge on any atom is -0.294 e. The standard InChI is InChI=1S/C13H9ClN2O3/c14-12-4-3-10(16(18)19)7-11(12)13(17)6-9-2-1-5-15-8-9/h1-5,7-8H,6H2. The Balaban J connectivity index is 2.28. The average Bonchev–Trinajstić information content (AvgIpc) is 2.40. The molecular formula is C13H9ClN2O3. The molecule has 5 nitrogen and oxygen atoms in total. The van der Waals surface area contributed by atoms with Gasteiger partial charge in [-0.2, -0.15) is 0 Å². The molecule has 0 saturated heterocycles. The van der Waals surface area contributed by atoms with Crippen molar-refractivity contribution in [2.24, 2.45) is 0 Å². The summed E-state index contributed by atoms with van der Waals surface area (Å²) in [5.74, 6) is -0.276. The number of hydrogen-bond acceptors (Lipinski definition) is 4. The molecule has 0 spiro atoms. The lowest BCUT2D eigenvalue weighted by Gasteiger charge is -2.03. The first kappa shape index (κ1) is 13.2. The largest absolute Gasteiger partial charge is 0.294 e. The van der Waals surface area contributed by atoms with Crippen molar-refractivity contribution < 1.29 is 9.72 Å². The van der Waals surface area contributed by atoms with Gasteiger partial charge in [-0.15, -0.1) is 0 Å². The molecule has 0 bridgehead atoms. The molecule has 1 aromatic carbocycles. The van der Waals surface area contributed by atoms with Crippen LogP contribution in [0.2, 0.25) is 5.02 Å². The Bertz CT molecular complexity index is 629. The van der Waals surface area contributed by atoms with Crippen LogP contribution in [-0.4, -0.2) is 15.7 Å². The Morgan fingerprint density at radius 2 is 2.16 bits per heavy atom. The van der Waals surface area contributed by atoms with E-state index in [0.29, 0.717) is 0 Å². The van der Waals surface area contributed by atoms with Gasteiger partial charge in [-0.25, -0.2) is 0 Å². The summed E-state index contributed by atoms with van der Waals surface area (Å²) in [5, 5.41) is 10.9. The Morgan fingerprint density at radius 1 is 1.37 bits per heavy atom. The van der Waals surface area contributed by atoms with E-state index in [9.17, 15) is 14.9 Å². The molecule has 0 amide bonds. The van der Waals surface area contributed by atoms with Gasteiger partial charge in [0.15, 0.2) is 5.78 Å². The molecule has 0 N–H and O–H groups in total. The summed E-state index contributed by atoms with van der Waals surface area (Å²) in [6, 6.07) is 7.30. The van der Waals surface area contributed by atoms with E-state index in [1.807, 2.05) is 0 Å². The molecule has 0 saturated carbocycles. The van der Waals surface area contributed by atoms with E-state index in [0.717, 1.165) is 5.56 Å². The van der Waals surface area contributed by atoms with Gasteiger partial charge in [-0.05, 0) is 17.7 Å². The van der Waals surface area contributed by atoms with Gasteiger partial charge in [0.2, 0.25) is 0 Å². The zero-order valence-corrected chi connectivity index (χ0v) is 10.5. The van der Waals surface area contributed by atoms with Crippen LogP contribution in [0.5, 0.6) is 0 Å². The van der Waals surface area contributed by atoms with Crippen molar-refractivity contribution in [1.82, 2.24) is 4.98 Å². The molecular weight excluding hydrogens is 268 g/mol. The molecule has 2 rings (SSSR count). The number of pyridine rings is 1. The fourth-order valence-electron chi connectivity index (χ4n) is 1.62. The van der Waals surface area contributed by atoms with Crippen molar-refractivity contribution in [3.63, 3.8) is 0 Å². The summed E-state index contributed by atoms with van der Waals surface area (Å²) in [7, 11) is 0. The molecule has 0 aliphatic heterocycles. The van der Waals surface area contributed by atoms with Crippen LogP contribution < -0.4 is 0 Å². The van der Waals surface area contributed by atoms with Crippen LogP contribution in [0.25, 0.3) is 0 Å². The van der Waals surface area contributed by atoms with Crippen molar-refractivity contribution in [1.29, 1.82) is 0 Å². The fraction of sp³-hybridized carbons (Fsp3) is 0.0769. The summed E-state index contributed by atoms with van der Waals surface area (Å²) < 4.78 is 0. The number of nitrogens with zero attached hydrogens (tertiary/aromatic N) is 2. The summed E-state index contributed by atoms with van der Waals surface area (Å²) >= 11 is 5.90. The Labute approximate surface area is 114 Å². The first-order valence-electron chi connectivity index (χ1n) is 5.44. The van der Waals surface area contributed by atoms with Crippen LogP contribution in [0.15, 0.2) is 42.7 Å². The lowest BCUT2D eigenvalue weighted by molar-refractivity contribution is -0.384.